The molecule has 1 heterocycles. The van der Waals surface area contributed by atoms with Gasteiger partial charge < -0.3 is 10.5 Å². The highest BCUT2D eigenvalue weighted by Gasteiger charge is 2.47. The predicted molar refractivity (Wildman–Crippen MR) is 66.7 cm³/mol. The summed E-state index contributed by atoms with van der Waals surface area (Å²) in [4.78, 5) is 11.4. The minimum Gasteiger partial charge on any atom is -0.351 e. The lowest BCUT2D eigenvalue weighted by Crippen LogP contribution is -2.67. The van der Waals surface area contributed by atoms with E-state index in [9.17, 15) is 10.0 Å². The molecule has 0 aromatic rings. The van der Waals surface area contributed by atoms with Gasteiger partial charge in [-0.2, -0.15) is 5.06 Å². The Morgan fingerprint density at radius 2 is 2.06 bits per heavy atom. The van der Waals surface area contributed by atoms with Crippen LogP contribution in [-0.2, 0) is 4.79 Å². The first-order valence-corrected chi connectivity index (χ1v) is 6.68. The van der Waals surface area contributed by atoms with Gasteiger partial charge in [-0.25, -0.2) is 0 Å². The number of hydrogen-bond acceptors (Lipinski definition) is 3. The predicted octanol–water partition coefficient (Wildman–Crippen LogP) is 1.91. The maximum absolute atomic E-state index is 11.4. The molecule has 4 nitrogen and oxygen atoms in total. The quantitative estimate of drug-likeness (QED) is 0.765. The number of piperidine rings is 1. The van der Waals surface area contributed by atoms with E-state index in [0.29, 0.717) is 5.33 Å². The van der Waals surface area contributed by atoms with Crippen LogP contribution in [0.15, 0.2) is 0 Å². The third-order valence-electron chi connectivity index (χ3n) is 3.47. The van der Waals surface area contributed by atoms with E-state index in [1.807, 2.05) is 27.7 Å². The molecule has 0 radical (unpaired) electrons. The molecule has 0 aromatic heterocycles. The Labute approximate surface area is 105 Å². The Kier molecular flexibility index (Phi) is 4.03. The summed E-state index contributed by atoms with van der Waals surface area (Å²) in [5.74, 6) is -0.0359. The van der Waals surface area contributed by atoms with Gasteiger partial charge in [0.05, 0.1) is 10.9 Å². The molecular weight excluding hydrogens is 272 g/mol. The molecule has 5 heteroatoms. The maximum atomic E-state index is 11.4. The van der Waals surface area contributed by atoms with Crippen molar-refractivity contribution < 1.29 is 10.0 Å². The Hall–Kier alpha value is -0.130. The summed E-state index contributed by atoms with van der Waals surface area (Å²) in [5.41, 5.74) is -0.682. The number of carbonyl (C=O) groups excluding carboxylic acids is 1. The van der Waals surface area contributed by atoms with Crippen LogP contribution in [0, 0.1) is 0 Å². The van der Waals surface area contributed by atoms with Crippen LogP contribution in [0.5, 0.6) is 0 Å². The zero-order valence-electron chi connectivity index (χ0n) is 10.4. The van der Waals surface area contributed by atoms with Gasteiger partial charge >= 0.3 is 0 Å². The summed E-state index contributed by atoms with van der Waals surface area (Å²) >= 11 is 3.13. The average Bonchev–Trinajstić information content (AvgIpc) is 2.20. The van der Waals surface area contributed by atoms with Gasteiger partial charge in [-0.3, -0.25) is 4.79 Å². The van der Waals surface area contributed by atoms with Crippen LogP contribution < -0.4 is 5.32 Å². The van der Waals surface area contributed by atoms with E-state index >= 15 is 0 Å². The lowest BCUT2D eigenvalue weighted by Gasteiger charge is -2.52. The van der Waals surface area contributed by atoms with Gasteiger partial charge in [0, 0.05) is 11.6 Å². The zero-order chi connectivity index (χ0) is 12.6. The van der Waals surface area contributed by atoms with E-state index in [4.69, 9.17) is 0 Å². The second-order valence-corrected chi connectivity index (χ2v) is 6.13. The molecule has 0 spiro atoms. The fourth-order valence-electron chi connectivity index (χ4n) is 2.37. The first-order chi connectivity index (χ1) is 7.21. The number of hydrogen-bond donors (Lipinski definition) is 2. The number of rotatable bonds is 2. The summed E-state index contributed by atoms with van der Waals surface area (Å²) < 4.78 is 0. The van der Waals surface area contributed by atoms with Crippen LogP contribution in [0.3, 0.4) is 0 Å². The minimum atomic E-state index is -0.445. The van der Waals surface area contributed by atoms with E-state index in [1.165, 1.54) is 5.06 Å². The molecule has 16 heavy (non-hydrogen) atoms. The summed E-state index contributed by atoms with van der Waals surface area (Å²) in [6, 6.07) is -0.0180. The van der Waals surface area contributed by atoms with E-state index < -0.39 is 5.54 Å². The smallest absolute Gasteiger partial charge is 0.230 e. The van der Waals surface area contributed by atoms with Crippen molar-refractivity contribution in [2.45, 2.75) is 57.7 Å². The molecular formula is C11H21BrN2O2. The number of amides is 1. The standard InChI is InChI=1S/C11H21BrN2O2/c1-10(2)6-5-8(13-9(15)7-12)11(3,4)14(10)16/h8,16H,5-7H2,1-4H3,(H,13,15). The van der Waals surface area contributed by atoms with Crippen LogP contribution in [0.1, 0.15) is 40.5 Å². The van der Waals surface area contributed by atoms with Crippen molar-refractivity contribution in [3.63, 3.8) is 0 Å². The molecule has 1 unspecified atom stereocenters. The van der Waals surface area contributed by atoms with Gasteiger partial charge in [-0.15, -0.1) is 0 Å². The number of hydroxylamine groups is 2. The Morgan fingerprint density at radius 3 is 2.56 bits per heavy atom. The van der Waals surface area contributed by atoms with Gasteiger partial charge in [0.1, 0.15) is 0 Å². The third kappa shape index (κ3) is 2.57. The first-order valence-electron chi connectivity index (χ1n) is 5.56. The molecule has 0 saturated carbocycles. The molecule has 1 saturated heterocycles. The van der Waals surface area contributed by atoms with Crippen LogP contribution in [0.25, 0.3) is 0 Å². The average molecular weight is 293 g/mol. The number of halogens is 1. The van der Waals surface area contributed by atoms with Gasteiger partial charge in [0.2, 0.25) is 5.91 Å². The van der Waals surface area contributed by atoms with Crippen molar-refractivity contribution in [3.8, 4) is 0 Å². The fraction of sp³-hybridized carbons (Fsp3) is 0.909. The second kappa shape index (κ2) is 4.63. The molecule has 1 atom stereocenters. The molecule has 1 rings (SSSR count). The summed E-state index contributed by atoms with van der Waals surface area (Å²) in [5, 5.41) is 14.8. The van der Waals surface area contributed by atoms with E-state index in [-0.39, 0.29) is 17.5 Å². The molecule has 2 N–H and O–H groups in total. The van der Waals surface area contributed by atoms with Crippen LogP contribution in [-0.4, -0.2) is 38.6 Å². The Morgan fingerprint density at radius 1 is 1.50 bits per heavy atom. The van der Waals surface area contributed by atoms with Crippen molar-refractivity contribution >= 4 is 21.8 Å². The Bertz CT molecular complexity index is 279. The van der Waals surface area contributed by atoms with Crippen LogP contribution in [0.4, 0.5) is 0 Å². The molecule has 1 aliphatic rings. The molecule has 1 amide bonds. The highest BCUT2D eigenvalue weighted by molar-refractivity contribution is 9.09. The zero-order valence-corrected chi connectivity index (χ0v) is 12.0. The molecule has 1 aliphatic heterocycles. The fourth-order valence-corrected chi connectivity index (χ4v) is 2.53. The molecule has 0 aliphatic carbocycles. The van der Waals surface area contributed by atoms with Crippen LogP contribution >= 0.6 is 15.9 Å². The molecule has 0 bridgehead atoms. The normalized spacial score (nSPS) is 28.8. The molecule has 1 fully saturated rings. The highest BCUT2D eigenvalue weighted by atomic mass is 79.9. The lowest BCUT2D eigenvalue weighted by molar-refractivity contribution is -0.249. The maximum Gasteiger partial charge on any atom is 0.230 e. The second-order valence-electron chi connectivity index (χ2n) is 5.57. The monoisotopic (exact) mass is 292 g/mol. The number of nitrogens with one attached hydrogen (secondary N) is 1. The van der Waals surface area contributed by atoms with E-state index in [1.54, 1.807) is 0 Å². The van der Waals surface area contributed by atoms with Gasteiger partial charge in [-0.05, 0) is 40.5 Å². The first kappa shape index (κ1) is 13.9. The van der Waals surface area contributed by atoms with Crippen molar-refractivity contribution in [1.29, 1.82) is 0 Å². The van der Waals surface area contributed by atoms with Crippen molar-refractivity contribution in [2.24, 2.45) is 0 Å². The van der Waals surface area contributed by atoms with E-state index in [2.05, 4.69) is 21.2 Å². The summed E-state index contributed by atoms with van der Waals surface area (Å²) in [6.45, 7) is 7.93. The van der Waals surface area contributed by atoms with Gasteiger partial charge in [0.25, 0.3) is 0 Å². The number of alkyl halides is 1. The van der Waals surface area contributed by atoms with Gasteiger partial charge in [-0.1, -0.05) is 15.9 Å². The third-order valence-corrected chi connectivity index (χ3v) is 3.98. The molecule has 0 aromatic carbocycles. The topological polar surface area (TPSA) is 52.6 Å². The van der Waals surface area contributed by atoms with Crippen molar-refractivity contribution in [2.75, 3.05) is 5.33 Å². The van der Waals surface area contributed by atoms with Crippen molar-refractivity contribution in [1.82, 2.24) is 10.4 Å². The SMILES string of the molecule is CC1(C)CCC(NC(=O)CBr)C(C)(C)N1O. The Balaban J connectivity index is 2.79. The van der Waals surface area contributed by atoms with Gasteiger partial charge in [0.15, 0.2) is 0 Å². The van der Waals surface area contributed by atoms with Crippen LogP contribution in [0.2, 0.25) is 0 Å². The number of nitrogens with zero attached hydrogens (tertiary/aromatic N) is 1. The largest absolute Gasteiger partial charge is 0.351 e. The van der Waals surface area contributed by atoms with Crippen molar-refractivity contribution in [3.05, 3.63) is 0 Å². The summed E-state index contributed by atoms with van der Waals surface area (Å²) in [7, 11) is 0. The van der Waals surface area contributed by atoms with E-state index in [0.717, 1.165) is 12.8 Å². The minimum absolute atomic E-state index is 0.0180. The lowest BCUT2D eigenvalue weighted by atomic mass is 9.78. The molecule has 94 valence electrons. The summed E-state index contributed by atoms with van der Waals surface area (Å²) in [6.07, 6.45) is 1.75. The highest BCUT2D eigenvalue weighted by Crippen LogP contribution is 2.36. The number of carbonyl (C=O) groups is 1.